The Morgan fingerprint density at radius 2 is 1.83 bits per heavy atom. The highest BCUT2D eigenvalue weighted by Crippen LogP contribution is 2.53. The SMILES string of the molecule is COc1ccc(CCN2C(=O)[C@@H]3[C@H](CC(N)=O)N[C@]4(C(=O)Nc5c(C)cccc54)[C@@H]3C2=O)cc1OC. The van der Waals surface area contributed by atoms with Crippen LogP contribution in [0.3, 0.4) is 0 Å². The van der Waals surface area contributed by atoms with Crippen molar-refractivity contribution in [1.29, 1.82) is 0 Å². The van der Waals surface area contributed by atoms with Crippen LogP contribution in [0.2, 0.25) is 0 Å². The van der Waals surface area contributed by atoms with Gasteiger partial charge in [0, 0.05) is 30.3 Å². The Morgan fingerprint density at radius 3 is 2.53 bits per heavy atom. The molecule has 5 rings (SSSR count). The van der Waals surface area contributed by atoms with E-state index >= 15 is 0 Å². The van der Waals surface area contributed by atoms with E-state index in [9.17, 15) is 19.2 Å². The first kappa shape index (κ1) is 23.8. The van der Waals surface area contributed by atoms with Crippen LogP contribution in [0.5, 0.6) is 11.5 Å². The molecule has 0 unspecified atom stereocenters. The number of nitrogens with two attached hydrogens (primary N) is 1. The molecule has 2 aromatic carbocycles. The number of aryl methyl sites for hydroxylation is 1. The summed E-state index contributed by atoms with van der Waals surface area (Å²) in [4.78, 5) is 53.9. The third-order valence-electron chi connectivity index (χ3n) is 7.54. The number of amides is 4. The summed E-state index contributed by atoms with van der Waals surface area (Å²) in [7, 11) is 3.08. The van der Waals surface area contributed by atoms with Gasteiger partial charge in [0.05, 0.1) is 26.1 Å². The van der Waals surface area contributed by atoms with Gasteiger partial charge >= 0.3 is 0 Å². The van der Waals surface area contributed by atoms with Crippen LogP contribution in [-0.2, 0) is 31.1 Å². The lowest BCUT2D eigenvalue weighted by Crippen LogP contribution is -2.53. The standard InChI is InChI=1S/C26H28N4O6/c1-13-5-4-6-15-22(13)28-25(34)26(15)21-20(16(29-26)12-19(27)31)23(32)30(24(21)33)10-9-14-7-8-17(35-2)18(11-14)36-3/h4-8,11,16,20-21,29H,9-10,12H2,1-3H3,(H2,27,31)(H,28,34)/t16-,20+,21-,26-/m0/s1. The van der Waals surface area contributed by atoms with Crippen molar-refractivity contribution in [2.75, 3.05) is 26.1 Å². The van der Waals surface area contributed by atoms with Crippen molar-refractivity contribution in [3.8, 4) is 11.5 Å². The number of primary amides is 1. The van der Waals surface area contributed by atoms with Crippen LogP contribution in [0, 0.1) is 18.8 Å². The quantitative estimate of drug-likeness (QED) is 0.487. The van der Waals surface area contributed by atoms with Crippen molar-refractivity contribution in [2.24, 2.45) is 17.6 Å². The van der Waals surface area contributed by atoms with Gasteiger partial charge in [-0.05, 0) is 36.6 Å². The predicted octanol–water partition coefficient (Wildman–Crippen LogP) is 0.851. The second-order valence-electron chi connectivity index (χ2n) is 9.45. The molecule has 10 heteroatoms. The number of nitrogens with one attached hydrogen (secondary N) is 2. The van der Waals surface area contributed by atoms with Crippen molar-refractivity contribution >= 4 is 29.3 Å². The van der Waals surface area contributed by atoms with E-state index in [2.05, 4.69) is 10.6 Å². The van der Waals surface area contributed by atoms with E-state index in [4.69, 9.17) is 15.2 Å². The summed E-state index contributed by atoms with van der Waals surface area (Å²) >= 11 is 0. The van der Waals surface area contributed by atoms with E-state index in [-0.39, 0.29) is 13.0 Å². The minimum atomic E-state index is -1.45. The van der Waals surface area contributed by atoms with Gasteiger partial charge in [-0.15, -0.1) is 0 Å². The number of nitrogens with zero attached hydrogens (tertiary/aromatic N) is 1. The lowest BCUT2D eigenvalue weighted by Gasteiger charge is -2.29. The molecular formula is C26H28N4O6. The number of carbonyl (C=O) groups excluding carboxylic acids is 4. The maximum Gasteiger partial charge on any atom is 0.250 e. The van der Waals surface area contributed by atoms with Crippen LogP contribution < -0.4 is 25.8 Å². The van der Waals surface area contributed by atoms with E-state index < -0.39 is 47.0 Å². The number of benzene rings is 2. The molecule has 3 aliphatic heterocycles. The molecule has 0 aliphatic carbocycles. The normalized spacial score (nSPS) is 26.2. The van der Waals surface area contributed by atoms with Gasteiger partial charge in [-0.2, -0.15) is 0 Å². The Hall–Kier alpha value is -3.92. The summed E-state index contributed by atoms with van der Waals surface area (Å²) in [5, 5.41) is 6.10. The second kappa shape index (κ2) is 8.63. The molecule has 0 saturated carbocycles. The molecule has 1 spiro atoms. The molecule has 3 heterocycles. The van der Waals surface area contributed by atoms with Gasteiger partial charge in [0.1, 0.15) is 5.54 Å². The predicted molar refractivity (Wildman–Crippen MR) is 129 cm³/mol. The van der Waals surface area contributed by atoms with Gasteiger partial charge in [0.15, 0.2) is 11.5 Å². The van der Waals surface area contributed by atoms with Gasteiger partial charge in [-0.25, -0.2) is 0 Å². The number of rotatable bonds is 7. The number of para-hydroxylation sites is 1. The monoisotopic (exact) mass is 492 g/mol. The lowest BCUT2D eigenvalue weighted by molar-refractivity contribution is -0.142. The molecule has 2 saturated heterocycles. The highest BCUT2D eigenvalue weighted by molar-refractivity contribution is 6.15. The molecule has 4 N–H and O–H groups in total. The fraction of sp³-hybridized carbons (Fsp3) is 0.385. The Balaban J connectivity index is 1.49. The molecule has 36 heavy (non-hydrogen) atoms. The maximum atomic E-state index is 13.8. The van der Waals surface area contributed by atoms with Crippen molar-refractivity contribution in [3.63, 3.8) is 0 Å². The topological polar surface area (TPSA) is 140 Å². The van der Waals surface area contributed by atoms with Crippen LogP contribution in [0.25, 0.3) is 0 Å². The highest BCUT2D eigenvalue weighted by Gasteiger charge is 2.70. The Labute approximate surface area is 208 Å². The van der Waals surface area contributed by atoms with E-state index in [1.807, 2.05) is 25.1 Å². The fourth-order valence-electron chi connectivity index (χ4n) is 5.92. The molecule has 0 radical (unpaired) electrons. The average molecular weight is 493 g/mol. The molecule has 0 bridgehead atoms. The zero-order valence-electron chi connectivity index (χ0n) is 20.3. The fourth-order valence-corrected chi connectivity index (χ4v) is 5.92. The summed E-state index contributed by atoms with van der Waals surface area (Å²) in [5.41, 5.74) is 6.97. The van der Waals surface area contributed by atoms with Crippen LogP contribution in [0.1, 0.15) is 23.1 Å². The van der Waals surface area contributed by atoms with Crippen LogP contribution in [0.4, 0.5) is 5.69 Å². The Kier molecular flexibility index (Phi) is 5.71. The molecule has 188 valence electrons. The summed E-state index contributed by atoms with van der Waals surface area (Å²) in [6, 6.07) is 10.1. The summed E-state index contributed by atoms with van der Waals surface area (Å²) in [6.07, 6.45) is 0.222. The van der Waals surface area contributed by atoms with Gasteiger partial charge in [0.25, 0.3) is 0 Å². The van der Waals surface area contributed by atoms with Crippen LogP contribution >= 0.6 is 0 Å². The third-order valence-corrected chi connectivity index (χ3v) is 7.54. The first-order valence-corrected chi connectivity index (χ1v) is 11.8. The smallest absolute Gasteiger partial charge is 0.250 e. The van der Waals surface area contributed by atoms with Crippen molar-refractivity contribution < 1.29 is 28.7 Å². The maximum absolute atomic E-state index is 13.8. The molecule has 3 aliphatic rings. The number of imide groups is 1. The number of ether oxygens (including phenoxy) is 2. The summed E-state index contributed by atoms with van der Waals surface area (Å²) < 4.78 is 10.6. The first-order valence-electron chi connectivity index (χ1n) is 11.8. The zero-order chi connectivity index (χ0) is 25.8. The molecule has 0 aromatic heterocycles. The summed E-state index contributed by atoms with van der Waals surface area (Å²) in [6.45, 7) is 1.99. The number of anilines is 1. The molecule has 10 nitrogen and oxygen atoms in total. The van der Waals surface area contributed by atoms with Gasteiger partial charge in [0.2, 0.25) is 23.6 Å². The van der Waals surface area contributed by atoms with Gasteiger partial charge < -0.3 is 20.5 Å². The largest absolute Gasteiger partial charge is 0.493 e. The third kappa shape index (κ3) is 3.35. The van der Waals surface area contributed by atoms with Gasteiger partial charge in [-0.3, -0.25) is 29.4 Å². The zero-order valence-corrected chi connectivity index (χ0v) is 20.3. The Morgan fingerprint density at radius 1 is 1.08 bits per heavy atom. The number of hydrogen-bond donors (Lipinski definition) is 3. The number of hydrogen-bond acceptors (Lipinski definition) is 7. The molecule has 4 atom stereocenters. The molecule has 2 fully saturated rings. The van der Waals surface area contributed by atoms with Crippen molar-refractivity contribution in [2.45, 2.75) is 31.3 Å². The van der Waals surface area contributed by atoms with E-state index in [1.165, 1.54) is 12.0 Å². The molecule has 2 aromatic rings. The summed E-state index contributed by atoms with van der Waals surface area (Å²) in [5.74, 6) is -2.61. The number of methoxy groups -OCH3 is 2. The second-order valence-corrected chi connectivity index (χ2v) is 9.45. The Bertz CT molecular complexity index is 1290. The van der Waals surface area contributed by atoms with E-state index in [0.717, 1.165) is 11.1 Å². The number of carbonyl (C=O) groups is 4. The number of fused-ring (bicyclic) bond motifs is 4. The average Bonchev–Trinajstić information content (AvgIpc) is 3.42. The minimum absolute atomic E-state index is 0.127. The van der Waals surface area contributed by atoms with E-state index in [0.29, 0.717) is 29.2 Å². The lowest BCUT2D eigenvalue weighted by atomic mass is 9.76. The van der Waals surface area contributed by atoms with E-state index in [1.54, 1.807) is 25.3 Å². The molecule has 4 amide bonds. The van der Waals surface area contributed by atoms with Gasteiger partial charge in [-0.1, -0.05) is 24.3 Å². The van der Waals surface area contributed by atoms with Crippen LogP contribution in [0.15, 0.2) is 36.4 Å². The minimum Gasteiger partial charge on any atom is -0.493 e. The van der Waals surface area contributed by atoms with Crippen molar-refractivity contribution in [3.05, 3.63) is 53.1 Å². The van der Waals surface area contributed by atoms with Crippen LogP contribution in [-0.4, -0.2) is 55.3 Å². The highest BCUT2D eigenvalue weighted by atomic mass is 16.5. The first-order chi connectivity index (χ1) is 17.2. The number of likely N-dealkylation sites (tertiary alicyclic amines) is 1. The van der Waals surface area contributed by atoms with Crippen molar-refractivity contribution in [1.82, 2.24) is 10.2 Å². The molecular weight excluding hydrogens is 464 g/mol.